The third-order valence-corrected chi connectivity index (χ3v) is 2.14. The smallest absolute Gasteiger partial charge is 0.253 e. The molecule has 0 amide bonds. The zero-order valence-corrected chi connectivity index (χ0v) is 9.37. The molecule has 0 heterocycles. The van der Waals surface area contributed by atoms with Gasteiger partial charge < -0.3 is 0 Å². The van der Waals surface area contributed by atoms with E-state index < -0.39 is 21.0 Å². The molecule has 1 aromatic carbocycles. The summed E-state index contributed by atoms with van der Waals surface area (Å²) >= 11 is 16.0. The van der Waals surface area contributed by atoms with E-state index in [2.05, 4.69) is 0 Å². The van der Waals surface area contributed by atoms with Crippen molar-refractivity contribution in [2.75, 3.05) is 0 Å². The van der Waals surface area contributed by atoms with E-state index in [0.717, 1.165) is 6.07 Å². The quantitative estimate of drug-likeness (QED) is 0.578. The number of halogens is 4. The summed E-state index contributed by atoms with van der Waals surface area (Å²) in [5, 5.41) is 8.64. The summed E-state index contributed by atoms with van der Waals surface area (Å²) in [6.07, 6.45) is 0. The summed E-state index contributed by atoms with van der Waals surface area (Å²) in [6.45, 7) is 0. The fourth-order valence-electron chi connectivity index (χ4n) is 0.980. The average molecular weight is 266 g/mol. The minimum Gasteiger partial charge on any atom is -0.289 e. The van der Waals surface area contributed by atoms with Crippen molar-refractivity contribution in [1.82, 2.24) is 0 Å². The topological polar surface area (TPSA) is 40.9 Å². The van der Waals surface area contributed by atoms with Gasteiger partial charge in [-0.15, -0.1) is 0 Å². The SMILES string of the molecule is N#Cc1c(F)cccc1C(=O)C(Cl)(Cl)Cl. The number of nitrogens with zero attached hydrogens (tertiary/aromatic N) is 1. The van der Waals surface area contributed by atoms with Crippen LogP contribution in [0.1, 0.15) is 15.9 Å². The highest BCUT2D eigenvalue weighted by Crippen LogP contribution is 2.31. The molecule has 0 radical (unpaired) electrons. The van der Waals surface area contributed by atoms with E-state index in [1.54, 1.807) is 6.07 Å². The maximum atomic E-state index is 13.1. The van der Waals surface area contributed by atoms with Gasteiger partial charge in [0.1, 0.15) is 11.9 Å². The normalized spacial score (nSPS) is 10.9. The molecule has 0 unspecified atom stereocenters. The van der Waals surface area contributed by atoms with Crippen LogP contribution in [0.25, 0.3) is 0 Å². The predicted octanol–water partition coefficient (Wildman–Crippen LogP) is 3.25. The van der Waals surface area contributed by atoms with Gasteiger partial charge in [0, 0.05) is 5.56 Å². The fourth-order valence-corrected chi connectivity index (χ4v) is 1.29. The summed E-state index contributed by atoms with van der Waals surface area (Å²) in [5.41, 5.74) is -0.661. The van der Waals surface area contributed by atoms with Crippen LogP contribution in [-0.4, -0.2) is 9.58 Å². The Hall–Kier alpha value is -0.820. The van der Waals surface area contributed by atoms with Crippen LogP contribution >= 0.6 is 34.8 Å². The van der Waals surface area contributed by atoms with Gasteiger partial charge in [0.15, 0.2) is 0 Å². The monoisotopic (exact) mass is 265 g/mol. The van der Waals surface area contributed by atoms with Crippen molar-refractivity contribution in [2.45, 2.75) is 3.79 Å². The third kappa shape index (κ3) is 2.60. The zero-order chi connectivity index (χ0) is 11.6. The van der Waals surface area contributed by atoms with Crippen molar-refractivity contribution in [1.29, 1.82) is 5.26 Å². The fraction of sp³-hybridized carbons (Fsp3) is 0.111. The maximum Gasteiger partial charge on any atom is 0.253 e. The molecule has 0 fully saturated rings. The van der Waals surface area contributed by atoms with Gasteiger partial charge in [-0.25, -0.2) is 4.39 Å². The molecular weight excluding hydrogens is 263 g/mol. The van der Waals surface area contributed by atoms with Crippen molar-refractivity contribution >= 4 is 40.6 Å². The molecule has 0 saturated heterocycles. The first-order valence-corrected chi connectivity index (χ1v) is 4.81. The minimum absolute atomic E-state index is 0.238. The van der Waals surface area contributed by atoms with Crippen LogP contribution in [0, 0.1) is 17.1 Å². The number of Topliss-reactive ketones (excluding diaryl/α,β-unsaturated/α-hetero) is 1. The third-order valence-electron chi connectivity index (χ3n) is 1.63. The van der Waals surface area contributed by atoms with Crippen molar-refractivity contribution in [2.24, 2.45) is 0 Å². The van der Waals surface area contributed by atoms with Crippen LogP contribution in [0.2, 0.25) is 0 Å². The highest BCUT2D eigenvalue weighted by atomic mass is 35.6. The predicted molar refractivity (Wildman–Crippen MR) is 55.7 cm³/mol. The molecular formula is C9H3Cl3FNO. The van der Waals surface area contributed by atoms with Crippen LogP contribution in [0.5, 0.6) is 0 Å². The first-order valence-electron chi connectivity index (χ1n) is 3.68. The first kappa shape index (κ1) is 12.3. The second-order valence-corrected chi connectivity index (χ2v) is 4.88. The van der Waals surface area contributed by atoms with Gasteiger partial charge in [-0.1, -0.05) is 40.9 Å². The molecule has 0 atom stereocenters. The van der Waals surface area contributed by atoms with Crippen molar-refractivity contribution in [3.63, 3.8) is 0 Å². The van der Waals surface area contributed by atoms with E-state index in [0.29, 0.717) is 0 Å². The maximum absolute atomic E-state index is 13.1. The Labute approximate surface area is 100 Å². The number of benzene rings is 1. The lowest BCUT2D eigenvalue weighted by Gasteiger charge is -2.10. The van der Waals surface area contributed by atoms with E-state index >= 15 is 0 Å². The molecule has 2 nitrogen and oxygen atoms in total. The molecule has 15 heavy (non-hydrogen) atoms. The minimum atomic E-state index is -2.20. The van der Waals surface area contributed by atoms with Gasteiger partial charge >= 0.3 is 0 Å². The molecule has 0 N–H and O–H groups in total. The van der Waals surface area contributed by atoms with Crippen molar-refractivity contribution in [3.05, 3.63) is 35.1 Å². The van der Waals surface area contributed by atoms with Gasteiger partial charge in [0.25, 0.3) is 3.79 Å². The zero-order valence-electron chi connectivity index (χ0n) is 7.10. The molecule has 0 aliphatic rings. The first-order chi connectivity index (χ1) is 6.88. The molecule has 0 aliphatic carbocycles. The molecule has 6 heteroatoms. The second-order valence-electron chi connectivity index (χ2n) is 2.60. The van der Waals surface area contributed by atoms with Crippen LogP contribution in [0.15, 0.2) is 18.2 Å². The number of carbonyl (C=O) groups is 1. The number of ketones is 1. The Balaban J connectivity index is 3.34. The molecule has 1 rings (SSSR count). The lowest BCUT2D eigenvalue weighted by molar-refractivity contribution is 0.0995. The van der Waals surface area contributed by atoms with Gasteiger partial charge in [-0.05, 0) is 12.1 Å². The average Bonchev–Trinajstić information content (AvgIpc) is 2.14. The Morgan fingerprint density at radius 3 is 2.47 bits per heavy atom. The molecule has 0 aromatic heterocycles. The summed E-state index contributed by atoms with van der Waals surface area (Å²) in [6, 6.07) is 5.09. The summed E-state index contributed by atoms with van der Waals surface area (Å²) in [7, 11) is 0. The van der Waals surface area contributed by atoms with Gasteiger partial charge in [0.05, 0.1) is 5.56 Å². The van der Waals surface area contributed by atoms with Gasteiger partial charge in [-0.3, -0.25) is 4.79 Å². The standard InChI is InChI=1S/C9H3Cl3FNO/c10-9(11,12)8(15)5-2-1-3-7(13)6(5)4-14/h1-3H. The summed E-state index contributed by atoms with van der Waals surface area (Å²) in [5.74, 6) is -1.75. The van der Waals surface area contributed by atoms with Crippen molar-refractivity contribution in [3.8, 4) is 6.07 Å². The number of alkyl halides is 3. The largest absolute Gasteiger partial charge is 0.289 e. The molecule has 0 saturated carbocycles. The highest BCUT2D eigenvalue weighted by Gasteiger charge is 2.33. The van der Waals surface area contributed by atoms with Crippen LogP contribution in [0.4, 0.5) is 4.39 Å². The lowest BCUT2D eigenvalue weighted by atomic mass is 10.0. The van der Waals surface area contributed by atoms with E-state index in [1.807, 2.05) is 0 Å². The highest BCUT2D eigenvalue weighted by molar-refractivity contribution is 6.77. The van der Waals surface area contributed by atoms with Gasteiger partial charge in [0.2, 0.25) is 5.78 Å². The molecule has 0 bridgehead atoms. The van der Waals surface area contributed by atoms with E-state index in [-0.39, 0.29) is 5.56 Å². The molecule has 0 spiro atoms. The number of carbonyl (C=O) groups excluding carboxylic acids is 1. The second kappa shape index (κ2) is 4.36. The number of hydrogen-bond donors (Lipinski definition) is 0. The van der Waals surface area contributed by atoms with E-state index in [4.69, 9.17) is 40.1 Å². The van der Waals surface area contributed by atoms with Crippen molar-refractivity contribution < 1.29 is 9.18 Å². The van der Waals surface area contributed by atoms with Crippen LogP contribution < -0.4 is 0 Å². The summed E-state index contributed by atoms with van der Waals surface area (Å²) in [4.78, 5) is 11.5. The van der Waals surface area contributed by atoms with E-state index in [9.17, 15) is 9.18 Å². The number of nitriles is 1. The Morgan fingerprint density at radius 2 is 2.00 bits per heavy atom. The number of hydrogen-bond acceptors (Lipinski definition) is 2. The van der Waals surface area contributed by atoms with Crippen LogP contribution in [0.3, 0.4) is 0 Å². The Bertz CT molecular complexity index is 448. The lowest BCUT2D eigenvalue weighted by Crippen LogP contribution is -2.20. The van der Waals surface area contributed by atoms with Crippen LogP contribution in [-0.2, 0) is 0 Å². The molecule has 0 aliphatic heterocycles. The molecule has 78 valence electrons. The Morgan fingerprint density at radius 1 is 1.40 bits per heavy atom. The number of rotatable bonds is 1. The van der Waals surface area contributed by atoms with Gasteiger partial charge in [-0.2, -0.15) is 5.26 Å². The Kier molecular flexibility index (Phi) is 3.56. The summed E-state index contributed by atoms with van der Waals surface area (Å²) < 4.78 is 10.9. The molecule has 1 aromatic rings. The van der Waals surface area contributed by atoms with E-state index in [1.165, 1.54) is 12.1 Å².